The number of carbonyl (C=O) groups is 1. The molecule has 5 heteroatoms. The van der Waals surface area contributed by atoms with Crippen LogP contribution in [0.4, 0.5) is 5.82 Å². The summed E-state index contributed by atoms with van der Waals surface area (Å²) in [7, 11) is 0. The lowest BCUT2D eigenvalue weighted by molar-refractivity contribution is 0.0974. The maximum atomic E-state index is 12.5. The van der Waals surface area contributed by atoms with Crippen molar-refractivity contribution >= 4 is 22.5 Å². The van der Waals surface area contributed by atoms with E-state index in [-0.39, 0.29) is 5.78 Å². The molecule has 1 aliphatic heterocycles. The summed E-state index contributed by atoms with van der Waals surface area (Å²) >= 11 is 0. The zero-order valence-corrected chi connectivity index (χ0v) is 15.4. The van der Waals surface area contributed by atoms with Crippen molar-refractivity contribution in [2.75, 3.05) is 37.6 Å². The van der Waals surface area contributed by atoms with Crippen LogP contribution in [0.25, 0.3) is 10.9 Å². The molecule has 1 aromatic carbocycles. The summed E-state index contributed by atoms with van der Waals surface area (Å²) in [6, 6.07) is 15.9. The molecular formula is C22H24N4O. The summed E-state index contributed by atoms with van der Waals surface area (Å²) in [6.45, 7) is 4.96. The molecule has 0 atom stereocenters. The lowest BCUT2D eigenvalue weighted by Gasteiger charge is -2.35. The number of rotatable bonds is 6. The van der Waals surface area contributed by atoms with Gasteiger partial charge < -0.3 is 4.90 Å². The van der Waals surface area contributed by atoms with Crippen molar-refractivity contribution in [1.29, 1.82) is 0 Å². The van der Waals surface area contributed by atoms with Crippen LogP contribution in [-0.2, 0) is 0 Å². The van der Waals surface area contributed by atoms with Gasteiger partial charge in [-0.1, -0.05) is 24.3 Å². The van der Waals surface area contributed by atoms with Crippen LogP contribution in [0.3, 0.4) is 0 Å². The van der Waals surface area contributed by atoms with E-state index >= 15 is 0 Å². The zero-order valence-electron chi connectivity index (χ0n) is 15.4. The standard InChI is InChI=1S/C22H24N4O/c27-21(19-16-18-6-1-2-7-20(18)24-17-19)8-5-11-25-12-14-26(15-13-25)22-9-3-4-10-23-22/h1-4,6-7,9-10,16-17H,5,8,11-15H2. The van der Waals surface area contributed by atoms with Crippen LogP contribution in [0.2, 0.25) is 0 Å². The minimum atomic E-state index is 0.181. The van der Waals surface area contributed by atoms with Crippen molar-refractivity contribution in [3.05, 3.63) is 66.5 Å². The van der Waals surface area contributed by atoms with Crippen molar-refractivity contribution in [3.63, 3.8) is 0 Å². The van der Waals surface area contributed by atoms with Crippen LogP contribution < -0.4 is 4.90 Å². The first-order valence-electron chi connectivity index (χ1n) is 9.56. The van der Waals surface area contributed by atoms with Gasteiger partial charge in [0.15, 0.2) is 5.78 Å². The van der Waals surface area contributed by atoms with Gasteiger partial charge in [0.1, 0.15) is 5.82 Å². The summed E-state index contributed by atoms with van der Waals surface area (Å²) in [6.07, 6.45) is 5.00. The minimum absolute atomic E-state index is 0.181. The van der Waals surface area contributed by atoms with E-state index in [0.717, 1.165) is 55.9 Å². The molecular weight excluding hydrogens is 336 g/mol. The summed E-state index contributed by atoms with van der Waals surface area (Å²) in [5.41, 5.74) is 1.65. The lowest BCUT2D eigenvalue weighted by atomic mass is 10.1. The molecule has 0 saturated carbocycles. The van der Waals surface area contributed by atoms with Gasteiger partial charge in [0, 0.05) is 55.9 Å². The van der Waals surface area contributed by atoms with E-state index in [2.05, 4.69) is 25.8 Å². The number of Topliss-reactive ketones (excluding diaryl/α,β-unsaturated/α-hetero) is 1. The van der Waals surface area contributed by atoms with Gasteiger partial charge in [0.25, 0.3) is 0 Å². The average Bonchev–Trinajstić information content (AvgIpc) is 2.74. The maximum Gasteiger partial charge on any atom is 0.164 e. The van der Waals surface area contributed by atoms with E-state index in [4.69, 9.17) is 0 Å². The third-order valence-electron chi connectivity index (χ3n) is 5.14. The highest BCUT2D eigenvalue weighted by Gasteiger charge is 2.18. The van der Waals surface area contributed by atoms with Crippen molar-refractivity contribution in [2.45, 2.75) is 12.8 Å². The van der Waals surface area contributed by atoms with E-state index in [1.165, 1.54) is 0 Å². The Labute approximate surface area is 159 Å². The van der Waals surface area contributed by atoms with E-state index in [1.807, 2.05) is 48.7 Å². The molecule has 3 aromatic rings. The molecule has 1 fully saturated rings. The zero-order chi connectivity index (χ0) is 18.5. The summed E-state index contributed by atoms with van der Waals surface area (Å²) < 4.78 is 0. The van der Waals surface area contributed by atoms with Crippen LogP contribution in [-0.4, -0.2) is 53.4 Å². The second kappa shape index (κ2) is 8.27. The fourth-order valence-corrected chi connectivity index (χ4v) is 3.57. The molecule has 1 saturated heterocycles. The molecule has 138 valence electrons. The number of anilines is 1. The Bertz CT molecular complexity index is 904. The summed E-state index contributed by atoms with van der Waals surface area (Å²) in [5, 5.41) is 1.02. The normalized spacial score (nSPS) is 15.2. The molecule has 1 aliphatic rings. The highest BCUT2D eigenvalue weighted by atomic mass is 16.1. The molecule has 0 N–H and O–H groups in total. The van der Waals surface area contributed by atoms with Gasteiger partial charge in [-0.15, -0.1) is 0 Å². The number of ketones is 1. The second-order valence-electron chi connectivity index (χ2n) is 6.96. The number of pyridine rings is 2. The smallest absolute Gasteiger partial charge is 0.164 e. The Morgan fingerprint density at radius 2 is 1.78 bits per heavy atom. The third kappa shape index (κ3) is 4.31. The number of fused-ring (bicyclic) bond motifs is 1. The number of hydrogen-bond donors (Lipinski definition) is 0. The number of benzene rings is 1. The van der Waals surface area contributed by atoms with Gasteiger partial charge in [-0.2, -0.15) is 0 Å². The highest BCUT2D eigenvalue weighted by Crippen LogP contribution is 2.16. The monoisotopic (exact) mass is 360 g/mol. The van der Waals surface area contributed by atoms with Gasteiger partial charge in [0.05, 0.1) is 5.52 Å². The molecule has 0 radical (unpaired) electrons. The van der Waals surface area contributed by atoms with E-state index in [1.54, 1.807) is 6.20 Å². The fourth-order valence-electron chi connectivity index (χ4n) is 3.57. The molecule has 0 bridgehead atoms. The van der Waals surface area contributed by atoms with Gasteiger partial charge >= 0.3 is 0 Å². The van der Waals surface area contributed by atoms with Crippen LogP contribution in [0.15, 0.2) is 60.9 Å². The SMILES string of the molecule is O=C(CCCN1CCN(c2ccccn2)CC1)c1cnc2ccccc2c1. The first-order valence-corrected chi connectivity index (χ1v) is 9.56. The first kappa shape index (κ1) is 17.6. The van der Waals surface area contributed by atoms with Crippen LogP contribution >= 0.6 is 0 Å². The Hall–Kier alpha value is -2.79. The number of piperazine rings is 1. The van der Waals surface area contributed by atoms with Gasteiger partial charge in [-0.05, 0) is 37.2 Å². The highest BCUT2D eigenvalue weighted by molar-refractivity contribution is 5.98. The molecule has 4 rings (SSSR count). The van der Waals surface area contributed by atoms with Crippen molar-refractivity contribution < 1.29 is 4.79 Å². The predicted octanol–water partition coefficient (Wildman–Crippen LogP) is 3.41. The summed E-state index contributed by atoms with van der Waals surface area (Å²) in [5.74, 6) is 1.23. The molecule has 27 heavy (non-hydrogen) atoms. The molecule has 3 heterocycles. The Kier molecular flexibility index (Phi) is 5.39. The Morgan fingerprint density at radius 1 is 0.963 bits per heavy atom. The first-order chi connectivity index (χ1) is 13.3. The maximum absolute atomic E-state index is 12.5. The van der Waals surface area contributed by atoms with Gasteiger partial charge in [-0.25, -0.2) is 4.98 Å². The fraction of sp³-hybridized carbons (Fsp3) is 0.318. The molecule has 5 nitrogen and oxygen atoms in total. The van der Waals surface area contributed by atoms with E-state index in [0.29, 0.717) is 12.0 Å². The molecule has 0 spiro atoms. The molecule has 2 aromatic heterocycles. The molecule has 0 amide bonds. The minimum Gasteiger partial charge on any atom is -0.354 e. The van der Waals surface area contributed by atoms with Crippen molar-refractivity contribution in [3.8, 4) is 0 Å². The second-order valence-corrected chi connectivity index (χ2v) is 6.96. The number of nitrogens with zero attached hydrogens (tertiary/aromatic N) is 4. The van der Waals surface area contributed by atoms with E-state index < -0.39 is 0 Å². The van der Waals surface area contributed by atoms with Crippen LogP contribution in [0.1, 0.15) is 23.2 Å². The average molecular weight is 360 g/mol. The summed E-state index contributed by atoms with van der Waals surface area (Å²) in [4.78, 5) is 26.1. The number of hydrogen-bond acceptors (Lipinski definition) is 5. The Balaban J connectivity index is 1.24. The van der Waals surface area contributed by atoms with Gasteiger partial charge in [0.2, 0.25) is 0 Å². The number of para-hydroxylation sites is 1. The topological polar surface area (TPSA) is 49.3 Å². The predicted molar refractivity (Wildman–Crippen MR) is 108 cm³/mol. The molecule has 0 aliphatic carbocycles. The third-order valence-corrected chi connectivity index (χ3v) is 5.14. The largest absolute Gasteiger partial charge is 0.354 e. The molecule has 0 unspecified atom stereocenters. The number of carbonyl (C=O) groups excluding carboxylic acids is 1. The van der Waals surface area contributed by atoms with Crippen LogP contribution in [0, 0.1) is 0 Å². The van der Waals surface area contributed by atoms with Gasteiger partial charge in [-0.3, -0.25) is 14.7 Å². The quantitative estimate of drug-likeness (QED) is 0.631. The lowest BCUT2D eigenvalue weighted by Crippen LogP contribution is -2.46. The van der Waals surface area contributed by atoms with Crippen molar-refractivity contribution in [2.24, 2.45) is 0 Å². The van der Waals surface area contributed by atoms with Crippen LogP contribution in [0.5, 0.6) is 0 Å². The Morgan fingerprint density at radius 3 is 2.59 bits per heavy atom. The van der Waals surface area contributed by atoms with E-state index in [9.17, 15) is 4.79 Å². The van der Waals surface area contributed by atoms with Crippen molar-refractivity contribution in [1.82, 2.24) is 14.9 Å². The number of aromatic nitrogens is 2.